The fourth-order valence-electron chi connectivity index (χ4n) is 0.621. The first-order chi connectivity index (χ1) is 5.67. The molecule has 0 fully saturated rings. The third-order valence-corrected chi connectivity index (χ3v) is 1.61. The standard InChI is InChI=1S/C7H9Cl2NO2/c1-5(12)7(2-8)6(4-11)3-10-9/h3,11-12H,1-2,4H2. The first-order valence-electron chi connectivity index (χ1n) is 3.08. The van der Waals surface area contributed by atoms with E-state index in [-0.39, 0.29) is 18.2 Å². The van der Waals surface area contributed by atoms with Gasteiger partial charge in [0.25, 0.3) is 0 Å². The van der Waals surface area contributed by atoms with E-state index < -0.39 is 0 Å². The first-order valence-corrected chi connectivity index (χ1v) is 3.96. The molecule has 68 valence electrons. The van der Waals surface area contributed by atoms with Crippen LogP contribution in [-0.4, -0.2) is 28.9 Å². The highest BCUT2D eigenvalue weighted by Crippen LogP contribution is 2.11. The Bertz CT molecular complexity index is 223. The summed E-state index contributed by atoms with van der Waals surface area (Å²) in [4.78, 5) is 0. The fourth-order valence-corrected chi connectivity index (χ4v) is 1.07. The summed E-state index contributed by atoms with van der Waals surface area (Å²) in [6.45, 7) is 2.98. The van der Waals surface area contributed by atoms with Gasteiger partial charge < -0.3 is 10.2 Å². The summed E-state index contributed by atoms with van der Waals surface area (Å²) >= 11 is 10.5. The van der Waals surface area contributed by atoms with Gasteiger partial charge in [-0.1, -0.05) is 6.58 Å². The largest absolute Gasteiger partial charge is 0.508 e. The van der Waals surface area contributed by atoms with Gasteiger partial charge in [0.15, 0.2) is 0 Å². The Morgan fingerprint density at radius 1 is 1.58 bits per heavy atom. The predicted octanol–water partition coefficient (Wildman–Crippen LogP) is 1.81. The van der Waals surface area contributed by atoms with Crippen LogP contribution in [0.3, 0.4) is 0 Å². The third-order valence-electron chi connectivity index (χ3n) is 1.24. The summed E-state index contributed by atoms with van der Waals surface area (Å²) in [6, 6.07) is 0. The van der Waals surface area contributed by atoms with Crippen molar-refractivity contribution >= 4 is 29.6 Å². The van der Waals surface area contributed by atoms with Gasteiger partial charge in [0.05, 0.1) is 12.5 Å². The maximum Gasteiger partial charge on any atom is 0.113 e. The van der Waals surface area contributed by atoms with Crippen molar-refractivity contribution in [2.24, 2.45) is 4.51 Å². The van der Waals surface area contributed by atoms with Crippen molar-refractivity contribution in [1.82, 2.24) is 0 Å². The van der Waals surface area contributed by atoms with Crippen LogP contribution in [0.25, 0.3) is 0 Å². The average molecular weight is 210 g/mol. The lowest BCUT2D eigenvalue weighted by molar-refractivity contribution is 0.334. The molecule has 0 bridgehead atoms. The number of hydrogen-bond acceptors (Lipinski definition) is 3. The van der Waals surface area contributed by atoms with Crippen molar-refractivity contribution in [3.8, 4) is 0 Å². The Morgan fingerprint density at radius 3 is 2.42 bits per heavy atom. The molecule has 5 heteroatoms. The molecule has 0 rings (SSSR count). The molecule has 0 spiro atoms. The minimum absolute atomic E-state index is 0.0497. The van der Waals surface area contributed by atoms with Gasteiger partial charge in [0, 0.05) is 29.1 Å². The minimum atomic E-state index is -0.294. The molecule has 0 heterocycles. The van der Waals surface area contributed by atoms with Gasteiger partial charge in [-0.15, -0.1) is 11.6 Å². The van der Waals surface area contributed by atoms with Crippen LogP contribution in [0.5, 0.6) is 0 Å². The lowest BCUT2D eigenvalue weighted by Crippen LogP contribution is -2.01. The van der Waals surface area contributed by atoms with Crippen molar-refractivity contribution in [1.29, 1.82) is 0 Å². The predicted molar refractivity (Wildman–Crippen MR) is 50.9 cm³/mol. The maximum absolute atomic E-state index is 8.99. The van der Waals surface area contributed by atoms with Crippen LogP contribution in [0.4, 0.5) is 0 Å². The van der Waals surface area contributed by atoms with E-state index in [9.17, 15) is 0 Å². The second kappa shape index (κ2) is 6.06. The molecule has 0 unspecified atom stereocenters. The molecule has 3 nitrogen and oxygen atoms in total. The summed E-state index contributed by atoms with van der Waals surface area (Å²) in [5.74, 6) is -0.140. The molecular weight excluding hydrogens is 201 g/mol. The van der Waals surface area contributed by atoms with E-state index in [4.69, 9.17) is 33.6 Å². The van der Waals surface area contributed by atoms with Crippen LogP contribution in [0.2, 0.25) is 0 Å². The van der Waals surface area contributed by atoms with Gasteiger partial charge in [0.2, 0.25) is 0 Å². The van der Waals surface area contributed by atoms with Gasteiger partial charge in [-0.25, -0.2) is 0 Å². The number of aliphatic hydroxyl groups is 2. The number of allylic oxidation sites excluding steroid dienone is 1. The van der Waals surface area contributed by atoms with Gasteiger partial charge in [-0.3, -0.25) is 0 Å². The number of aliphatic hydroxyl groups excluding tert-OH is 2. The molecule has 0 radical (unpaired) electrons. The van der Waals surface area contributed by atoms with Crippen LogP contribution in [0.1, 0.15) is 0 Å². The zero-order valence-corrected chi connectivity index (χ0v) is 7.81. The molecule has 0 saturated heterocycles. The summed E-state index contributed by atoms with van der Waals surface area (Å²) < 4.78 is 3.18. The van der Waals surface area contributed by atoms with Crippen LogP contribution >= 0.6 is 23.4 Å². The second-order valence-corrected chi connectivity index (χ2v) is 2.43. The van der Waals surface area contributed by atoms with Gasteiger partial charge >= 0.3 is 0 Å². The molecule has 0 saturated carbocycles. The number of halogens is 2. The lowest BCUT2D eigenvalue weighted by atomic mass is 10.1. The number of alkyl halides is 1. The molecule has 12 heavy (non-hydrogen) atoms. The van der Waals surface area contributed by atoms with E-state index in [0.29, 0.717) is 11.1 Å². The Balaban J connectivity index is 4.86. The fraction of sp³-hybridized carbons (Fsp3) is 0.286. The van der Waals surface area contributed by atoms with E-state index >= 15 is 0 Å². The Hall–Kier alpha value is -0.510. The van der Waals surface area contributed by atoms with Crippen molar-refractivity contribution in [3.05, 3.63) is 23.5 Å². The van der Waals surface area contributed by atoms with Gasteiger partial charge in [0.1, 0.15) is 5.76 Å². The molecule has 2 N–H and O–H groups in total. The van der Waals surface area contributed by atoms with Gasteiger partial charge in [-0.05, 0) is 0 Å². The number of nitrogens with zero attached hydrogens (tertiary/aromatic N) is 1. The molecule has 0 aromatic heterocycles. The molecule has 0 amide bonds. The molecular formula is C7H9Cl2NO2. The van der Waals surface area contributed by atoms with Crippen molar-refractivity contribution in [2.75, 3.05) is 12.5 Å². The van der Waals surface area contributed by atoms with Crippen LogP contribution in [0, 0.1) is 0 Å². The van der Waals surface area contributed by atoms with Crippen LogP contribution in [-0.2, 0) is 0 Å². The number of hydrogen-bond donors (Lipinski definition) is 2. The molecule has 0 aromatic carbocycles. The van der Waals surface area contributed by atoms with E-state index in [2.05, 4.69) is 11.1 Å². The SMILES string of the molecule is C=C(O)C(CCl)=C(C=NCl)CO. The highest BCUT2D eigenvalue weighted by Gasteiger charge is 2.05. The summed E-state index contributed by atoms with van der Waals surface area (Å²) in [6.07, 6.45) is 1.21. The van der Waals surface area contributed by atoms with Gasteiger partial charge in [-0.2, -0.15) is 4.51 Å². The highest BCUT2D eigenvalue weighted by atomic mass is 35.5. The monoisotopic (exact) mass is 209 g/mol. The maximum atomic E-state index is 8.99. The number of rotatable bonds is 4. The summed E-state index contributed by atoms with van der Waals surface area (Å²) in [5, 5.41) is 17.8. The van der Waals surface area contributed by atoms with Crippen LogP contribution in [0.15, 0.2) is 28.0 Å². The smallest absolute Gasteiger partial charge is 0.113 e. The van der Waals surface area contributed by atoms with Crippen molar-refractivity contribution < 1.29 is 10.2 Å². The van der Waals surface area contributed by atoms with E-state index in [1.165, 1.54) is 6.21 Å². The Morgan fingerprint density at radius 2 is 2.17 bits per heavy atom. The van der Waals surface area contributed by atoms with E-state index in [0.717, 1.165) is 0 Å². The zero-order valence-electron chi connectivity index (χ0n) is 6.30. The normalized spacial score (nSPS) is 13.2. The summed E-state index contributed by atoms with van der Waals surface area (Å²) in [5.41, 5.74) is 0.691. The van der Waals surface area contributed by atoms with Crippen molar-refractivity contribution in [2.45, 2.75) is 0 Å². The topological polar surface area (TPSA) is 52.8 Å². The Kier molecular flexibility index (Phi) is 5.80. The lowest BCUT2D eigenvalue weighted by Gasteiger charge is -2.04. The summed E-state index contributed by atoms with van der Waals surface area (Å²) in [7, 11) is 0. The zero-order chi connectivity index (χ0) is 9.56. The molecule has 0 aromatic rings. The second-order valence-electron chi connectivity index (χ2n) is 1.97. The van der Waals surface area contributed by atoms with Crippen LogP contribution < -0.4 is 0 Å². The van der Waals surface area contributed by atoms with Crippen molar-refractivity contribution in [3.63, 3.8) is 0 Å². The third kappa shape index (κ3) is 3.26. The molecule has 0 aliphatic heterocycles. The first kappa shape index (κ1) is 11.5. The minimum Gasteiger partial charge on any atom is -0.508 e. The molecule has 0 aliphatic carbocycles. The van der Waals surface area contributed by atoms with E-state index in [1.54, 1.807) is 0 Å². The quantitative estimate of drug-likeness (QED) is 0.321. The Labute approximate surface area is 80.8 Å². The molecule has 0 aliphatic rings. The highest BCUT2D eigenvalue weighted by molar-refractivity contribution is 6.21. The average Bonchev–Trinajstić information content (AvgIpc) is 2.03. The van der Waals surface area contributed by atoms with E-state index in [1.807, 2.05) is 0 Å². The molecule has 0 atom stereocenters.